The average Bonchev–Trinajstić information content (AvgIpc) is 3.38. The summed E-state index contributed by atoms with van der Waals surface area (Å²) >= 11 is 3.64. The van der Waals surface area contributed by atoms with Crippen LogP contribution in [0.5, 0.6) is 0 Å². The van der Waals surface area contributed by atoms with Crippen molar-refractivity contribution < 1.29 is 0 Å². The zero-order valence-corrected chi connectivity index (χ0v) is 17.6. The minimum Gasteiger partial charge on any atom is -0.356 e. The molecule has 0 radical (unpaired) electrons. The summed E-state index contributed by atoms with van der Waals surface area (Å²) in [5, 5.41) is 10.3. The van der Waals surface area contributed by atoms with Crippen molar-refractivity contribution in [1.29, 1.82) is 0 Å². The van der Waals surface area contributed by atoms with Crippen LogP contribution in [-0.4, -0.2) is 49.1 Å². The quantitative estimate of drug-likeness (QED) is 0.561. The van der Waals surface area contributed by atoms with Crippen LogP contribution >= 0.6 is 22.7 Å². The molecule has 5 nitrogen and oxygen atoms in total. The van der Waals surface area contributed by atoms with Gasteiger partial charge in [0.15, 0.2) is 5.96 Å². The third-order valence-electron chi connectivity index (χ3n) is 4.84. The van der Waals surface area contributed by atoms with Crippen LogP contribution in [-0.2, 0) is 6.42 Å². The molecule has 0 amide bonds. The number of guanidine groups is 1. The minimum atomic E-state index is 0.431. The number of hydrogen-bond acceptors (Lipinski definition) is 5. The second-order valence-corrected chi connectivity index (χ2v) is 8.92. The number of thiazole rings is 1. The standard InChI is InChI=1S/C19H29N5S2/c1-14-15(2)26-18(23-14)8-9-21-19(20-3)22-13-16(17-7-6-12-25-17)24-10-4-5-11-24/h6-7,12,16H,4-5,8-11,13H2,1-3H3,(H2,20,21,22). The Morgan fingerprint density at radius 1 is 1.31 bits per heavy atom. The molecule has 1 aliphatic heterocycles. The Morgan fingerprint density at radius 3 is 2.73 bits per heavy atom. The molecular weight excluding hydrogens is 362 g/mol. The Hall–Kier alpha value is -1.44. The molecule has 1 aliphatic rings. The highest BCUT2D eigenvalue weighted by molar-refractivity contribution is 7.11. The lowest BCUT2D eigenvalue weighted by Crippen LogP contribution is -2.43. The van der Waals surface area contributed by atoms with Crippen LogP contribution in [0.25, 0.3) is 0 Å². The highest BCUT2D eigenvalue weighted by atomic mass is 32.1. The number of nitrogens with one attached hydrogen (secondary N) is 2. The topological polar surface area (TPSA) is 52.6 Å². The first-order valence-electron chi connectivity index (χ1n) is 9.32. The monoisotopic (exact) mass is 391 g/mol. The second kappa shape index (κ2) is 9.48. The summed E-state index contributed by atoms with van der Waals surface area (Å²) in [5.41, 5.74) is 1.15. The molecule has 142 valence electrons. The van der Waals surface area contributed by atoms with Gasteiger partial charge in [-0.05, 0) is 51.2 Å². The van der Waals surface area contributed by atoms with Crippen LogP contribution in [0.15, 0.2) is 22.5 Å². The van der Waals surface area contributed by atoms with Crippen LogP contribution in [0.2, 0.25) is 0 Å². The third kappa shape index (κ3) is 5.05. The van der Waals surface area contributed by atoms with Crippen molar-refractivity contribution in [1.82, 2.24) is 20.5 Å². The summed E-state index contributed by atoms with van der Waals surface area (Å²) in [5.74, 6) is 0.871. The van der Waals surface area contributed by atoms with Crippen molar-refractivity contribution >= 4 is 28.6 Å². The van der Waals surface area contributed by atoms with Crippen LogP contribution in [0.4, 0.5) is 0 Å². The maximum Gasteiger partial charge on any atom is 0.191 e. The number of likely N-dealkylation sites (tertiary alicyclic amines) is 1. The van der Waals surface area contributed by atoms with Gasteiger partial charge in [-0.25, -0.2) is 4.98 Å². The Morgan fingerprint density at radius 2 is 2.12 bits per heavy atom. The molecule has 1 saturated heterocycles. The van der Waals surface area contributed by atoms with Crippen LogP contribution in [0.3, 0.4) is 0 Å². The number of rotatable bonds is 7. The first kappa shape index (κ1) is 19.3. The number of aliphatic imine (C=N–C) groups is 1. The summed E-state index contributed by atoms with van der Waals surface area (Å²) < 4.78 is 0. The summed E-state index contributed by atoms with van der Waals surface area (Å²) in [7, 11) is 1.84. The van der Waals surface area contributed by atoms with E-state index in [1.807, 2.05) is 18.4 Å². The molecule has 0 spiro atoms. The molecule has 7 heteroatoms. The van der Waals surface area contributed by atoms with Crippen molar-refractivity contribution in [2.45, 2.75) is 39.2 Å². The largest absolute Gasteiger partial charge is 0.356 e. The molecule has 0 aliphatic carbocycles. The van der Waals surface area contributed by atoms with Crippen molar-refractivity contribution in [2.24, 2.45) is 4.99 Å². The third-order valence-corrected chi connectivity index (χ3v) is 6.95. The Kier molecular flexibility index (Phi) is 7.05. The van der Waals surface area contributed by atoms with Gasteiger partial charge in [0, 0.05) is 36.3 Å². The highest BCUT2D eigenvalue weighted by Gasteiger charge is 2.24. The molecular formula is C19H29N5S2. The van der Waals surface area contributed by atoms with E-state index in [0.29, 0.717) is 6.04 Å². The van der Waals surface area contributed by atoms with Crippen LogP contribution < -0.4 is 10.6 Å². The van der Waals surface area contributed by atoms with Gasteiger partial charge in [-0.1, -0.05) is 6.07 Å². The Balaban J connectivity index is 1.50. The summed E-state index contributed by atoms with van der Waals surface area (Å²) in [6, 6.07) is 4.83. The molecule has 2 aromatic heterocycles. The van der Waals surface area contributed by atoms with Crippen molar-refractivity contribution in [3.8, 4) is 0 Å². The van der Waals surface area contributed by atoms with Gasteiger partial charge in [0.05, 0.1) is 16.7 Å². The molecule has 0 saturated carbocycles. The molecule has 0 aromatic carbocycles. The summed E-state index contributed by atoms with van der Waals surface area (Å²) in [6.07, 6.45) is 3.55. The van der Waals surface area contributed by atoms with E-state index in [4.69, 9.17) is 0 Å². The van der Waals surface area contributed by atoms with Gasteiger partial charge in [-0.3, -0.25) is 9.89 Å². The van der Waals surface area contributed by atoms with Crippen LogP contribution in [0.1, 0.15) is 39.3 Å². The average molecular weight is 392 g/mol. The Labute approximate surface area is 164 Å². The van der Waals surface area contributed by atoms with E-state index >= 15 is 0 Å². The molecule has 2 N–H and O–H groups in total. The molecule has 26 heavy (non-hydrogen) atoms. The van der Waals surface area contributed by atoms with E-state index in [9.17, 15) is 0 Å². The van der Waals surface area contributed by atoms with Crippen molar-refractivity contribution in [3.05, 3.63) is 38.0 Å². The smallest absolute Gasteiger partial charge is 0.191 e. The maximum atomic E-state index is 4.61. The van der Waals surface area contributed by atoms with Gasteiger partial charge < -0.3 is 10.6 Å². The van der Waals surface area contributed by atoms with E-state index in [1.54, 1.807) is 11.3 Å². The van der Waals surface area contributed by atoms with Gasteiger partial charge in [-0.15, -0.1) is 22.7 Å². The Bertz CT molecular complexity index is 682. The fraction of sp³-hybridized carbons (Fsp3) is 0.579. The van der Waals surface area contributed by atoms with Gasteiger partial charge in [0.25, 0.3) is 0 Å². The number of aryl methyl sites for hydroxylation is 2. The highest BCUT2D eigenvalue weighted by Crippen LogP contribution is 2.27. The SMILES string of the molecule is CN=C(NCCc1nc(C)c(C)s1)NCC(c1cccs1)N1CCCC1. The molecule has 3 heterocycles. The lowest BCUT2D eigenvalue weighted by atomic mass is 10.2. The molecule has 1 atom stereocenters. The lowest BCUT2D eigenvalue weighted by molar-refractivity contribution is 0.249. The molecule has 1 unspecified atom stereocenters. The van der Waals surface area contributed by atoms with Crippen LogP contribution in [0, 0.1) is 13.8 Å². The fourth-order valence-corrected chi connectivity index (χ4v) is 5.09. The number of nitrogens with zero attached hydrogens (tertiary/aromatic N) is 3. The van der Waals surface area contributed by atoms with Gasteiger partial charge >= 0.3 is 0 Å². The number of thiophene rings is 1. The molecule has 3 rings (SSSR count). The van der Waals surface area contributed by atoms with E-state index in [2.05, 4.69) is 56.9 Å². The fourth-order valence-electron chi connectivity index (χ4n) is 3.29. The summed E-state index contributed by atoms with van der Waals surface area (Å²) in [4.78, 5) is 14.3. The molecule has 2 aromatic rings. The normalized spacial score (nSPS) is 16.8. The van der Waals surface area contributed by atoms with E-state index in [1.165, 1.54) is 40.7 Å². The summed E-state index contributed by atoms with van der Waals surface area (Å²) in [6.45, 7) is 8.33. The van der Waals surface area contributed by atoms with E-state index in [-0.39, 0.29) is 0 Å². The minimum absolute atomic E-state index is 0.431. The van der Waals surface area contributed by atoms with E-state index < -0.39 is 0 Å². The molecule has 0 bridgehead atoms. The number of aromatic nitrogens is 1. The van der Waals surface area contributed by atoms with Gasteiger partial charge in [-0.2, -0.15) is 0 Å². The number of hydrogen-bond donors (Lipinski definition) is 2. The predicted octanol–water partition coefficient (Wildman–Crippen LogP) is 3.37. The first-order chi connectivity index (χ1) is 12.7. The molecule has 1 fully saturated rings. The van der Waals surface area contributed by atoms with Crippen molar-refractivity contribution in [2.75, 3.05) is 33.2 Å². The van der Waals surface area contributed by atoms with Gasteiger partial charge in [0.2, 0.25) is 0 Å². The predicted molar refractivity (Wildman–Crippen MR) is 113 cm³/mol. The zero-order valence-electron chi connectivity index (χ0n) is 15.9. The second-order valence-electron chi connectivity index (χ2n) is 6.65. The maximum absolute atomic E-state index is 4.61. The first-order valence-corrected chi connectivity index (χ1v) is 11.0. The zero-order chi connectivity index (χ0) is 18.4. The lowest BCUT2D eigenvalue weighted by Gasteiger charge is -2.27. The van der Waals surface area contributed by atoms with E-state index in [0.717, 1.165) is 31.2 Å². The van der Waals surface area contributed by atoms with Gasteiger partial charge in [0.1, 0.15) is 0 Å². The van der Waals surface area contributed by atoms with Crippen molar-refractivity contribution in [3.63, 3.8) is 0 Å².